The lowest BCUT2D eigenvalue weighted by Gasteiger charge is -2.34. The molecule has 6 nitrogen and oxygen atoms in total. The van der Waals surface area contributed by atoms with Crippen LogP contribution in [0.5, 0.6) is 0 Å². The molecule has 0 aromatic rings. The van der Waals surface area contributed by atoms with Crippen molar-refractivity contribution in [3.8, 4) is 0 Å². The van der Waals surface area contributed by atoms with E-state index in [-0.39, 0.29) is 6.17 Å². The van der Waals surface area contributed by atoms with E-state index >= 15 is 0 Å². The highest BCUT2D eigenvalue weighted by molar-refractivity contribution is 4.69. The first-order valence-corrected chi connectivity index (χ1v) is 6.11. The highest BCUT2D eigenvalue weighted by atomic mass is 15.4. The van der Waals surface area contributed by atoms with Gasteiger partial charge in [0.1, 0.15) is 0 Å². The van der Waals surface area contributed by atoms with Crippen LogP contribution < -0.4 is 22.2 Å². The molecule has 2 saturated heterocycles. The molecule has 0 saturated carbocycles. The molecule has 0 amide bonds. The molecule has 96 valence electrons. The summed E-state index contributed by atoms with van der Waals surface area (Å²) in [6.07, 6.45) is 0.175. The molecule has 0 aliphatic carbocycles. The number of piperazine rings is 2. The van der Waals surface area contributed by atoms with Crippen LogP contribution in [-0.2, 0) is 0 Å². The van der Waals surface area contributed by atoms with Crippen molar-refractivity contribution in [2.75, 3.05) is 52.4 Å². The first kappa shape index (κ1) is 13.8. The van der Waals surface area contributed by atoms with Crippen LogP contribution in [0, 0.1) is 0 Å². The monoisotopic (exact) mass is 230 g/mol. The number of nitrogens with two attached hydrogens (primary N) is 2. The van der Waals surface area contributed by atoms with Gasteiger partial charge in [-0.1, -0.05) is 0 Å². The summed E-state index contributed by atoms with van der Waals surface area (Å²) >= 11 is 0. The maximum absolute atomic E-state index is 5.68. The summed E-state index contributed by atoms with van der Waals surface area (Å²) < 4.78 is 0. The minimum atomic E-state index is 0.175. The van der Waals surface area contributed by atoms with Gasteiger partial charge in [0.05, 0.1) is 6.17 Å². The van der Waals surface area contributed by atoms with E-state index in [2.05, 4.69) is 15.5 Å². The number of hydrogen-bond acceptors (Lipinski definition) is 6. The molecule has 2 heterocycles. The highest BCUT2D eigenvalue weighted by Crippen LogP contribution is 1.98. The Labute approximate surface area is 98.3 Å². The van der Waals surface area contributed by atoms with E-state index in [1.807, 2.05) is 11.9 Å². The van der Waals surface area contributed by atoms with E-state index in [0.29, 0.717) is 0 Å². The van der Waals surface area contributed by atoms with Crippen molar-refractivity contribution in [3.05, 3.63) is 0 Å². The van der Waals surface area contributed by atoms with Crippen molar-refractivity contribution >= 4 is 0 Å². The zero-order valence-electron chi connectivity index (χ0n) is 10.3. The summed E-state index contributed by atoms with van der Waals surface area (Å²) in [5.41, 5.74) is 5.68. The summed E-state index contributed by atoms with van der Waals surface area (Å²) in [5, 5.41) is 8.28. The molecule has 0 aromatic carbocycles. The lowest BCUT2D eigenvalue weighted by atomic mass is 10.3. The first-order valence-electron chi connectivity index (χ1n) is 6.11. The van der Waals surface area contributed by atoms with Gasteiger partial charge in [-0.05, 0) is 6.92 Å². The number of rotatable bonds is 1. The Morgan fingerprint density at radius 2 is 1.38 bits per heavy atom. The lowest BCUT2D eigenvalue weighted by Crippen LogP contribution is -2.54. The van der Waals surface area contributed by atoms with Crippen LogP contribution in [0.25, 0.3) is 0 Å². The Morgan fingerprint density at radius 1 is 0.938 bits per heavy atom. The molecule has 6 heteroatoms. The van der Waals surface area contributed by atoms with Gasteiger partial charge in [0, 0.05) is 52.4 Å². The molecule has 1 unspecified atom stereocenters. The van der Waals surface area contributed by atoms with Gasteiger partial charge in [-0.15, -0.1) is 0 Å². The van der Waals surface area contributed by atoms with Gasteiger partial charge in [-0.3, -0.25) is 10.7 Å². The first-order chi connectivity index (χ1) is 7.70. The minimum Gasteiger partial charge on any atom is -0.316 e. The van der Waals surface area contributed by atoms with Crippen LogP contribution in [0.15, 0.2) is 0 Å². The summed E-state index contributed by atoms with van der Waals surface area (Å²) in [4.78, 5) is 2.23. The van der Waals surface area contributed by atoms with Gasteiger partial charge in [0.25, 0.3) is 0 Å². The fourth-order valence-corrected chi connectivity index (χ4v) is 1.75. The third-order valence-electron chi connectivity index (χ3n) is 2.88. The van der Waals surface area contributed by atoms with Crippen molar-refractivity contribution in [2.45, 2.75) is 13.1 Å². The molecular weight excluding hydrogens is 204 g/mol. The molecule has 2 rings (SSSR count). The van der Waals surface area contributed by atoms with Gasteiger partial charge in [0.2, 0.25) is 0 Å². The Morgan fingerprint density at radius 3 is 1.69 bits per heavy atom. The van der Waals surface area contributed by atoms with Crippen LogP contribution in [0.3, 0.4) is 0 Å². The molecule has 1 atom stereocenters. The standard InChI is InChI=1S/C6H16N4.C4H10N2/c1-6(7)9-2-4-10(8)5-3-9;1-2-6-4-3-5-1/h6H,2-5,7-8H2,1H3;5-6H,1-4H2. The van der Waals surface area contributed by atoms with E-state index < -0.39 is 0 Å². The van der Waals surface area contributed by atoms with Crippen molar-refractivity contribution in [1.29, 1.82) is 0 Å². The molecule has 2 fully saturated rings. The SMILES string of the molecule is C1CNCCN1.CC(N)N1CCN(N)CC1. The number of hydrazine groups is 1. The average Bonchev–Trinajstić information content (AvgIpc) is 2.32. The Hall–Kier alpha value is -0.240. The maximum atomic E-state index is 5.68. The molecule has 0 radical (unpaired) electrons. The number of nitrogens with one attached hydrogen (secondary N) is 2. The lowest BCUT2D eigenvalue weighted by molar-refractivity contribution is 0.105. The summed E-state index contributed by atoms with van der Waals surface area (Å²) in [6, 6.07) is 0. The third-order valence-corrected chi connectivity index (χ3v) is 2.88. The summed E-state index contributed by atoms with van der Waals surface area (Å²) in [7, 11) is 0. The van der Waals surface area contributed by atoms with Crippen molar-refractivity contribution < 1.29 is 0 Å². The van der Waals surface area contributed by atoms with E-state index in [9.17, 15) is 0 Å². The number of hydrogen-bond donors (Lipinski definition) is 4. The normalized spacial score (nSPS) is 25.7. The second-order valence-electron chi connectivity index (χ2n) is 4.31. The topological polar surface area (TPSA) is 82.6 Å². The van der Waals surface area contributed by atoms with E-state index in [1.54, 1.807) is 0 Å². The molecule has 0 spiro atoms. The quantitative estimate of drug-likeness (QED) is 0.389. The third kappa shape index (κ3) is 5.74. The number of nitrogens with zero attached hydrogens (tertiary/aromatic N) is 2. The zero-order chi connectivity index (χ0) is 11.8. The van der Waals surface area contributed by atoms with Gasteiger partial charge in [-0.2, -0.15) is 0 Å². The van der Waals surface area contributed by atoms with E-state index in [4.69, 9.17) is 11.6 Å². The van der Waals surface area contributed by atoms with Crippen LogP contribution in [0.1, 0.15) is 6.92 Å². The molecular formula is C10H26N6. The molecule has 0 bridgehead atoms. The van der Waals surface area contributed by atoms with Gasteiger partial charge < -0.3 is 16.4 Å². The van der Waals surface area contributed by atoms with Crippen LogP contribution in [0.4, 0.5) is 0 Å². The minimum absolute atomic E-state index is 0.175. The smallest absolute Gasteiger partial charge is 0.0543 e. The molecule has 2 aliphatic heterocycles. The molecule has 0 aromatic heterocycles. The van der Waals surface area contributed by atoms with Gasteiger partial charge in [-0.25, -0.2) is 5.01 Å². The predicted molar refractivity (Wildman–Crippen MR) is 66.7 cm³/mol. The van der Waals surface area contributed by atoms with E-state index in [1.165, 1.54) is 0 Å². The summed E-state index contributed by atoms with van der Waals surface area (Å²) in [6.45, 7) is 10.4. The molecule has 2 aliphatic rings. The van der Waals surface area contributed by atoms with Crippen molar-refractivity contribution in [2.24, 2.45) is 11.6 Å². The maximum Gasteiger partial charge on any atom is 0.0543 e. The fourth-order valence-electron chi connectivity index (χ4n) is 1.75. The Balaban J connectivity index is 0.000000181. The second kappa shape index (κ2) is 7.94. The fraction of sp³-hybridized carbons (Fsp3) is 1.00. The van der Waals surface area contributed by atoms with Crippen LogP contribution in [-0.4, -0.2) is 68.4 Å². The van der Waals surface area contributed by atoms with Gasteiger partial charge in [0.15, 0.2) is 0 Å². The second-order valence-corrected chi connectivity index (χ2v) is 4.31. The summed E-state index contributed by atoms with van der Waals surface area (Å²) in [5.74, 6) is 5.56. The van der Waals surface area contributed by atoms with Crippen molar-refractivity contribution in [1.82, 2.24) is 20.5 Å². The largest absolute Gasteiger partial charge is 0.316 e. The van der Waals surface area contributed by atoms with Crippen LogP contribution >= 0.6 is 0 Å². The average molecular weight is 230 g/mol. The molecule has 16 heavy (non-hydrogen) atoms. The van der Waals surface area contributed by atoms with Crippen molar-refractivity contribution in [3.63, 3.8) is 0 Å². The highest BCUT2D eigenvalue weighted by Gasteiger charge is 2.15. The molecule has 6 N–H and O–H groups in total. The predicted octanol–water partition coefficient (Wildman–Crippen LogP) is -2.04. The Kier molecular flexibility index (Phi) is 6.86. The Bertz CT molecular complexity index is 151. The zero-order valence-corrected chi connectivity index (χ0v) is 10.3. The van der Waals surface area contributed by atoms with Crippen LogP contribution in [0.2, 0.25) is 0 Å². The van der Waals surface area contributed by atoms with E-state index in [0.717, 1.165) is 52.4 Å². The van der Waals surface area contributed by atoms with Gasteiger partial charge >= 0.3 is 0 Å².